The number of rotatable bonds is 11. The number of nitrogens with one attached hydrogen (secondary N) is 1. The molecule has 2 aliphatic heterocycles. The Morgan fingerprint density at radius 3 is 2.32 bits per heavy atom. The lowest BCUT2D eigenvalue weighted by Crippen LogP contribution is -2.45. The topological polar surface area (TPSA) is 119 Å². The van der Waals surface area contributed by atoms with Crippen LogP contribution in [-0.2, 0) is 33.4 Å². The maximum atomic E-state index is 15.9. The van der Waals surface area contributed by atoms with Crippen LogP contribution >= 0.6 is 0 Å². The van der Waals surface area contributed by atoms with E-state index in [-0.39, 0.29) is 37.5 Å². The number of alkyl halides is 1. The van der Waals surface area contributed by atoms with E-state index in [0.717, 1.165) is 66.7 Å². The van der Waals surface area contributed by atoms with Crippen LogP contribution in [0.2, 0.25) is 0 Å². The van der Waals surface area contributed by atoms with Crippen molar-refractivity contribution >= 4 is 45.1 Å². The normalized spacial score (nSPS) is 16.8. The van der Waals surface area contributed by atoms with Gasteiger partial charge >= 0.3 is 5.97 Å². The highest BCUT2D eigenvalue weighted by atomic mass is 32.2. The molecule has 0 aliphatic carbocycles. The summed E-state index contributed by atoms with van der Waals surface area (Å²) in [5.41, 5.74) is 3.45. The third-order valence-corrected chi connectivity index (χ3v) is 10.5. The summed E-state index contributed by atoms with van der Waals surface area (Å²) >= 11 is 0. The van der Waals surface area contributed by atoms with E-state index >= 15 is 8.78 Å². The van der Waals surface area contributed by atoms with Crippen LogP contribution in [0.4, 0.5) is 24.5 Å². The van der Waals surface area contributed by atoms with Crippen LogP contribution in [0, 0.1) is 11.6 Å². The SMILES string of the molecule is COC(=O)Cc1ccc(CN2CCN(c3ccc(-c4cnc5[nH]cc(C(=O)c6c(F)ccc(N(N7CC[C@@H](F)C7)[SH](=O)=O)c6F)c5c4)cc3)CC2)cc1. The Kier molecular flexibility index (Phi) is 10.5. The summed E-state index contributed by atoms with van der Waals surface area (Å²) in [4.78, 5) is 37.3. The average Bonchev–Trinajstić information content (AvgIpc) is 3.79. The summed E-state index contributed by atoms with van der Waals surface area (Å²) in [6.45, 7) is 3.98. The van der Waals surface area contributed by atoms with Crippen molar-refractivity contribution in [2.45, 2.75) is 25.6 Å². The second-order valence-corrected chi connectivity index (χ2v) is 14.0. The van der Waals surface area contributed by atoms with Crippen LogP contribution in [0.1, 0.15) is 33.5 Å². The van der Waals surface area contributed by atoms with Crippen molar-refractivity contribution in [3.8, 4) is 11.1 Å². The number of nitrogens with zero attached hydrogens (tertiary/aromatic N) is 5. The van der Waals surface area contributed by atoms with Crippen LogP contribution in [-0.4, -0.2) is 92.6 Å². The lowest BCUT2D eigenvalue weighted by Gasteiger charge is -2.36. The van der Waals surface area contributed by atoms with E-state index < -0.39 is 45.7 Å². The molecule has 7 rings (SSSR count). The lowest BCUT2D eigenvalue weighted by molar-refractivity contribution is -0.139. The van der Waals surface area contributed by atoms with Crippen molar-refractivity contribution in [1.29, 1.82) is 0 Å². The van der Waals surface area contributed by atoms with Gasteiger partial charge < -0.3 is 14.6 Å². The van der Waals surface area contributed by atoms with E-state index in [1.165, 1.54) is 18.9 Å². The fraction of sp³-hybridized carbons (Fsp3) is 0.289. The molecule has 2 saturated heterocycles. The number of pyridine rings is 1. The first-order chi connectivity index (χ1) is 25.6. The number of hydrogen-bond donors (Lipinski definition) is 2. The molecule has 2 aromatic heterocycles. The Hall–Kier alpha value is -5.25. The molecule has 1 N–H and O–H groups in total. The van der Waals surface area contributed by atoms with Gasteiger partial charge in [0, 0.05) is 73.9 Å². The number of esters is 1. The van der Waals surface area contributed by atoms with Gasteiger partial charge in [-0.3, -0.25) is 14.5 Å². The maximum absolute atomic E-state index is 15.9. The number of carbonyl (C=O) groups excluding carboxylic acids is 2. The molecule has 0 bridgehead atoms. The highest BCUT2D eigenvalue weighted by Crippen LogP contribution is 2.33. The number of ketones is 1. The van der Waals surface area contributed by atoms with Gasteiger partial charge in [-0.1, -0.05) is 36.4 Å². The van der Waals surface area contributed by atoms with Crippen LogP contribution in [0.25, 0.3) is 22.2 Å². The second kappa shape index (κ2) is 15.4. The van der Waals surface area contributed by atoms with Crippen LogP contribution in [0.15, 0.2) is 79.1 Å². The Bertz CT molecular complexity index is 2210. The zero-order valence-corrected chi connectivity index (χ0v) is 29.7. The molecule has 276 valence electrons. The number of thiol groups is 1. The summed E-state index contributed by atoms with van der Waals surface area (Å²) < 4.78 is 74.5. The van der Waals surface area contributed by atoms with Gasteiger partial charge in [-0.05, 0) is 53.4 Å². The second-order valence-electron chi connectivity index (χ2n) is 13.1. The fourth-order valence-corrected chi connectivity index (χ4v) is 7.59. The minimum atomic E-state index is -3.47. The number of aromatic nitrogens is 2. The van der Waals surface area contributed by atoms with Gasteiger partial charge in [0.15, 0.2) is 5.82 Å². The number of fused-ring (bicyclic) bond motifs is 1. The van der Waals surface area contributed by atoms with Gasteiger partial charge in [0.25, 0.3) is 0 Å². The molecule has 5 aromatic rings. The molecule has 11 nitrogen and oxygen atoms in total. The molecule has 4 heterocycles. The summed E-state index contributed by atoms with van der Waals surface area (Å²) in [5, 5.41) is 1.45. The molecule has 15 heteroatoms. The molecule has 2 fully saturated rings. The van der Waals surface area contributed by atoms with Gasteiger partial charge in [0.05, 0.1) is 25.6 Å². The van der Waals surface area contributed by atoms with Crippen molar-refractivity contribution in [2.24, 2.45) is 0 Å². The molecule has 2 aliphatic rings. The number of methoxy groups -OCH3 is 1. The number of hydrogen-bond acceptors (Lipinski definition) is 9. The average molecular weight is 747 g/mol. The Morgan fingerprint density at radius 1 is 0.943 bits per heavy atom. The maximum Gasteiger partial charge on any atom is 0.309 e. The number of aromatic amines is 1. The number of hydrazine groups is 1. The highest BCUT2D eigenvalue weighted by molar-refractivity contribution is 7.73. The van der Waals surface area contributed by atoms with E-state index in [1.54, 1.807) is 12.3 Å². The summed E-state index contributed by atoms with van der Waals surface area (Å²) in [7, 11) is -2.08. The first-order valence-electron chi connectivity index (χ1n) is 17.1. The first kappa shape index (κ1) is 36.1. The molecular weight excluding hydrogens is 710 g/mol. The zero-order valence-electron chi connectivity index (χ0n) is 28.8. The molecule has 53 heavy (non-hydrogen) atoms. The number of anilines is 2. The predicted octanol–water partition coefficient (Wildman–Crippen LogP) is 5.07. The van der Waals surface area contributed by atoms with E-state index in [0.29, 0.717) is 21.0 Å². The quantitative estimate of drug-likeness (QED) is 0.109. The van der Waals surface area contributed by atoms with Crippen molar-refractivity contribution in [1.82, 2.24) is 19.9 Å². The smallest absolute Gasteiger partial charge is 0.309 e. The van der Waals surface area contributed by atoms with Crippen molar-refractivity contribution in [2.75, 3.05) is 55.7 Å². The predicted molar refractivity (Wildman–Crippen MR) is 195 cm³/mol. The van der Waals surface area contributed by atoms with E-state index in [2.05, 4.69) is 19.8 Å². The molecule has 0 saturated carbocycles. The number of halogens is 3. The number of ether oxygens (including phenoxy) is 1. The van der Waals surface area contributed by atoms with Gasteiger partial charge in [0.2, 0.25) is 16.7 Å². The largest absolute Gasteiger partial charge is 0.469 e. The molecule has 0 radical (unpaired) electrons. The number of piperazine rings is 1. The molecule has 0 unspecified atom stereocenters. The molecule has 3 aromatic carbocycles. The number of carbonyl (C=O) groups is 2. The van der Waals surface area contributed by atoms with E-state index in [4.69, 9.17) is 4.74 Å². The van der Waals surface area contributed by atoms with Crippen LogP contribution < -0.4 is 9.31 Å². The first-order valence-corrected chi connectivity index (χ1v) is 18.3. The van der Waals surface area contributed by atoms with Gasteiger partial charge in [-0.15, -0.1) is 0 Å². The van der Waals surface area contributed by atoms with E-state index in [1.807, 2.05) is 48.5 Å². The monoisotopic (exact) mass is 746 g/mol. The third-order valence-electron chi connectivity index (χ3n) is 9.76. The fourth-order valence-electron chi connectivity index (χ4n) is 6.89. The van der Waals surface area contributed by atoms with Crippen LogP contribution in [0.5, 0.6) is 0 Å². The molecule has 0 spiro atoms. The zero-order chi connectivity index (χ0) is 37.2. The minimum absolute atomic E-state index is 0.0111. The Morgan fingerprint density at radius 2 is 1.66 bits per heavy atom. The van der Waals surface area contributed by atoms with Gasteiger partial charge in [-0.25, -0.2) is 31.6 Å². The van der Waals surface area contributed by atoms with Crippen LogP contribution in [0.3, 0.4) is 0 Å². The minimum Gasteiger partial charge on any atom is -0.469 e. The molecule has 0 amide bonds. The van der Waals surface area contributed by atoms with Crippen molar-refractivity contribution in [3.05, 3.63) is 113 Å². The Labute approximate surface area is 305 Å². The van der Waals surface area contributed by atoms with Gasteiger partial charge in [-0.2, -0.15) is 4.41 Å². The lowest BCUT2D eigenvalue weighted by atomic mass is 9.99. The molecular formula is C38H37F3N6O5S. The van der Waals surface area contributed by atoms with Gasteiger partial charge in [0.1, 0.15) is 23.3 Å². The molecule has 1 atom stereocenters. The summed E-state index contributed by atoms with van der Waals surface area (Å²) in [6, 6.07) is 19.4. The number of benzene rings is 3. The number of H-pyrrole nitrogens is 1. The third kappa shape index (κ3) is 7.63. The summed E-state index contributed by atoms with van der Waals surface area (Å²) in [6.07, 6.45) is 1.96. The van der Waals surface area contributed by atoms with Crippen molar-refractivity contribution in [3.63, 3.8) is 0 Å². The highest BCUT2D eigenvalue weighted by Gasteiger charge is 2.33. The summed E-state index contributed by atoms with van der Waals surface area (Å²) in [5.74, 6) is -3.79. The Balaban J connectivity index is 1.05. The van der Waals surface area contributed by atoms with Crippen molar-refractivity contribution < 1.29 is 35.9 Å². The standard InChI is InChI=1S/C38H37F3N6O5S/c1-52-34(48)18-24-2-4-25(5-3-24)22-44-14-16-45(17-15-44)29-8-6-26(7-9-29)27-19-30-31(21-43-38(30)42-20-27)37(49)35-32(40)10-11-33(36(35)41)47(53(50)51)46-13-12-28(39)23-46/h2-11,19-21,28,53H,12-18,22-23H2,1H3,(H,42,43)/t28-/m1/s1. The van der Waals surface area contributed by atoms with E-state index in [9.17, 15) is 22.4 Å².